The van der Waals surface area contributed by atoms with Crippen LogP contribution in [-0.2, 0) is 16.2 Å². The Morgan fingerprint density at radius 3 is 2.35 bits per heavy atom. The van der Waals surface area contributed by atoms with E-state index in [0.29, 0.717) is 16.8 Å². The largest absolute Gasteiger partial charge is 0.416 e. The lowest BCUT2D eigenvalue weighted by Crippen LogP contribution is -2.39. The fourth-order valence-corrected chi connectivity index (χ4v) is 5.09. The smallest absolute Gasteiger partial charge is 0.254 e. The van der Waals surface area contributed by atoms with Crippen LogP contribution >= 0.6 is 23.8 Å². The Morgan fingerprint density at radius 1 is 1.03 bits per heavy atom. The molecular formula is C23H17ClF3N3O2S2. The molecule has 0 aliphatic carbocycles. The van der Waals surface area contributed by atoms with Gasteiger partial charge >= 0.3 is 6.18 Å². The van der Waals surface area contributed by atoms with E-state index in [2.05, 4.69) is 9.82 Å². The number of thiocarbonyl (C=S) groups is 1. The van der Waals surface area contributed by atoms with Gasteiger partial charge in [0.05, 0.1) is 22.7 Å². The summed E-state index contributed by atoms with van der Waals surface area (Å²) in [7, 11) is -4.37. The van der Waals surface area contributed by atoms with Crippen LogP contribution in [-0.4, -0.2) is 30.8 Å². The molecule has 1 unspecified atom stereocenters. The summed E-state index contributed by atoms with van der Waals surface area (Å²) in [4.78, 5) is -0.551. The molecule has 1 aliphatic heterocycles. The molecule has 5 nitrogen and oxygen atoms in total. The zero-order valence-electron chi connectivity index (χ0n) is 17.3. The van der Waals surface area contributed by atoms with Crippen molar-refractivity contribution < 1.29 is 21.6 Å². The van der Waals surface area contributed by atoms with Crippen molar-refractivity contribution in [3.63, 3.8) is 0 Å². The third kappa shape index (κ3) is 5.24. The highest BCUT2D eigenvalue weighted by molar-refractivity contribution is 7.91. The Labute approximate surface area is 204 Å². The Hall–Kier alpha value is -2.95. The van der Waals surface area contributed by atoms with Gasteiger partial charge in [0.1, 0.15) is 0 Å². The van der Waals surface area contributed by atoms with Gasteiger partial charge < -0.3 is 0 Å². The highest BCUT2D eigenvalue weighted by Crippen LogP contribution is 2.31. The zero-order valence-corrected chi connectivity index (χ0v) is 19.7. The molecule has 1 atom stereocenters. The number of nitrogens with one attached hydrogen (secondary N) is 1. The molecule has 3 aromatic carbocycles. The van der Waals surface area contributed by atoms with Crippen molar-refractivity contribution in [2.75, 3.05) is 6.54 Å². The van der Waals surface area contributed by atoms with E-state index in [1.54, 1.807) is 24.3 Å². The van der Waals surface area contributed by atoms with E-state index in [9.17, 15) is 21.6 Å². The molecule has 11 heteroatoms. The molecule has 1 heterocycles. The fraction of sp³-hybridized carbons (Fsp3) is 0.130. The molecule has 176 valence electrons. The first-order valence-electron chi connectivity index (χ1n) is 9.95. The van der Waals surface area contributed by atoms with Crippen molar-refractivity contribution in [3.8, 4) is 0 Å². The molecule has 0 fully saturated rings. The number of alkyl halides is 3. The molecule has 1 N–H and O–H groups in total. The van der Waals surface area contributed by atoms with E-state index in [4.69, 9.17) is 23.8 Å². The number of hydrogen-bond donors (Lipinski definition) is 1. The van der Waals surface area contributed by atoms with E-state index in [1.807, 2.05) is 30.3 Å². The minimum absolute atomic E-state index is 0.224. The molecule has 0 aromatic heterocycles. The van der Waals surface area contributed by atoms with Crippen molar-refractivity contribution in [2.24, 2.45) is 5.10 Å². The number of benzene rings is 3. The average Bonchev–Trinajstić information content (AvgIpc) is 3.25. The Bertz CT molecular complexity index is 1350. The summed E-state index contributed by atoms with van der Waals surface area (Å²) in [6.07, 6.45) is -4.68. The molecule has 0 saturated carbocycles. The first-order valence-corrected chi connectivity index (χ1v) is 12.2. The lowest BCUT2D eigenvalue weighted by molar-refractivity contribution is -0.137. The van der Waals surface area contributed by atoms with E-state index in [0.717, 1.165) is 29.3 Å². The number of sulfonamides is 1. The van der Waals surface area contributed by atoms with Crippen molar-refractivity contribution in [2.45, 2.75) is 17.0 Å². The number of hydrazone groups is 1. The molecular weight excluding hydrogens is 507 g/mol. The Morgan fingerprint density at radius 2 is 1.71 bits per heavy atom. The highest BCUT2D eigenvalue weighted by atomic mass is 35.5. The molecule has 0 spiro atoms. The Kier molecular flexibility index (Phi) is 6.66. The maximum absolute atomic E-state index is 13.0. The van der Waals surface area contributed by atoms with Crippen molar-refractivity contribution in [3.05, 3.63) is 101 Å². The van der Waals surface area contributed by atoms with Gasteiger partial charge in [0.2, 0.25) is 5.11 Å². The summed E-state index contributed by atoms with van der Waals surface area (Å²) >= 11 is 11.3. The fourth-order valence-electron chi connectivity index (χ4n) is 3.52. The standard InChI is InChI=1S/C23H17ClF3N3O2S2/c24-18-11-9-16(10-12-18)21-20(15-5-2-1-3-6-15)14-30(28-21)22(33)29-34(31,32)19-8-4-7-17(13-19)23(25,26)27/h1-13,20H,14H2,(H,29,33). The quantitative estimate of drug-likeness (QED) is 0.464. The third-order valence-electron chi connectivity index (χ3n) is 5.18. The highest BCUT2D eigenvalue weighted by Gasteiger charge is 2.34. The van der Waals surface area contributed by atoms with Gasteiger partial charge in [0.15, 0.2) is 0 Å². The minimum atomic E-state index is -4.68. The van der Waals surface area contributed by atoms with Crippen molar-refractivity contribution in [1.82, 2.24) is 9.73 Å². The summed E-state index contributed by atoms with van der Waals surface area (Å²) in [6, 6.07) is 20.0. The first-order chi connectivity index (χ1) is 16.0. The van der Waals surface area contributed by atoms with E-state index in [1.165, 1.54) is 5.01 Å². The molecule has 4 rings (SSSR count). The topological polar surface area (TPSA) is 61.8 Å². The normalized spacial score (nSPS) is 16.3. The second-order valence-electron chi connectivity index (χ2n) is 7.47. The van der Waals surface area contributed by atoms with E-state index >= 15 is 0 Å². The number of nitrogens with zero attached hydrogens (tertiary/aromatic N) is 2. The molecule has 34 heavy (non-hydrogen) atoms. The molecule has 0 saturated heterocycles. The summed E-state index contributed by atoms with van der Waals surface area (Å²) in [6.45, 7) is 0.242. The molecule has 0 radical (unpaired) electrons. The van der Waals surface area contributed by atoms with Crippen LogP contribution in [0.2, 0.25) is 5.02 Å². The zero-order chi connectivity index (χ0) is 24.5. The van der Waals surface area contributed by atoms with Gasteiger partial charge in [-0.25, -0.2) is 13.4 Å². The van der Waals surface area contributed by atoms with Crippen LogP contribution in [0.4, 0.5) is 13.2 Å². The second kappa shape index (κ2) is 9.36. The predicted octanol–water partition coefficient (Wildman–Crippen LogP) is 5.43. The van der Waals surface area contributed by atoms with Crippen LogP contribution in [0.25, 0.3) is 0 Å². The summed E-state index contributed by atoms with van der Waals surface area (Å²) in [5.41, 5.74) is 1.31. The van der Waals surface area contributed by atoms with Crippen molar-refractivity contribution in [1.29, 1.82) is 0 Å². The van der Waals surface area contributed by atoms with Crippen LogP contribution in [0.5, 0.6) is 0 Å². The summed E-state index contributed by atoms with van der Waals surface area (Å²) in [5, 5.41) is 6.17. The maximum atomic E-state index is 13.0. The van der Waals surface area contributed by atoms with Crippen LogP contribution < -0.4 is 4.72 Å². The molecule has 1 aliphatic rings. The number of hydrogen-bond acceptors (Lipinski definition) is 4. The lowest BCUT2D eigenvalue weighted by atomic mass is 9.91. The third-order valence-corrected chi connectivity index (χ3v) is 7.21. The molecule has 0 amide bonds. The molecule has 3 aromatic rings. The Balaban J connectivity index is 1.62. The van der Waals surface area contributed by atoms with Gasteiger partial charge in [-0.3, -0.25) is 4.72 Å². The average molecular weight is 524 g/mol. The number of halogens is 4. The lowest BCUT2D eigenvalue weighted by Gasteiger charge is -2.18. The van der Waals surface area contributed by atoms with Crippen LogP contribution in [0.1, 0.15) is 22.6 Å². The van der Waals surface area contributed by atoms with Crippen molar-refractivity contribution >= 4 is 44.7 Å². The van der Waals surface area contributed by atoms with Crippen LogP contribution in [0.3, 0.4) is 0 Å². The van der Waals surface area contributed by atoms with Gasteiger partial charge in [-0.2, -0.15) is 18.3 Å². The van der Waals surface area contributed by atoms with Crippen LogP contribution in [0, 0.1) is 0 Å². The second-order valence-corrected chi connectivity index (χ2v) is 9.98. The van der Waals surface area contributed by atoms with Gasteiger partial charge in [0, 0.05) is 10.9 Å². The maximum Gasteiger partial charge on any atom is 0.416 e. The number of rotatable bonds is 4. The molecule has 0 bridgehead atoms. The minimum Gasteiger partial charge on any atom is -0.254 e. The predicted molar refractivity (Wildman–Crippen MR) is 128 cm³/mol. The monoisotopic (exact) mass is 523 g/mol. The van der Waals surface area contributed by atoms with Gasteiger partial charge in [-0.15, -0.1) is 0 Å². The van der Waals surface area contributed by atoms with Crippen LogP contribution in [0.15, 0.2) is 88.9 Å². The van der Waals surface area contributed by atoms with E-state index < -0.39 is 26.7 Å². The SMILES string of the molecule is O=S(=O)(NC(=S)N1CC(c2ccccc2)C(c2ccc(Cl)cc2)=N1)c1cccc(C(F)(F)F)c1. The van der Waals surface area contributed by atoms with Gasteiger partial charge in [0.25, 0.3) is 10.0 Å². The van der Waals surface area contributed by atoms with Gasteiger partial charge in [-0.1, -0.05) is 60.1 Å². The van der Waals surface area contributed by atoms with Gasteiger partial charge in [-0.05, 0) is 53.7 Å². The summed E-state index contributed by atoms with van der Waals surface area (Å²) < 4.78 is 66.8. The first kappa shape index (κ1) is 24.2. The summed E-state index contributed by atoms with van der Waals surface area (Å²) in [5.74, 6) is -0.224. The van der Waals surface area contributed by atoms with E-state index in [-0.39, 0.29) is 17.6 Å².